The van der Waals surface area contributed by atoms with E-state index < -0.39 is 0 Å². The molecule has 0 radical (unpaired) electrons. The van der Waals surface area contributed by atoms with Gasteiger partial charge in [-0.3, -0.25) is 0 Å². The lowest BCUT2D eigenvalue weighted by molar-refractivity contribution is 0.701. The van der Waals surface area contributed by atoms with Crippen LogP contribution in [-0.2, 0) is 11.3 Å². The van der Waals surface area contributed by atoms with Crippen LogP contribution in [0, 0.1) is 0 Å². The van der Waals surface area contributed by atoms with Crippen molar-refractivity contribution < 1.29 is 4.21 Å². The summed E-state index contributed by atoms with van der Waals surface area (Å²) in [6, 6.07) is 0. The summed E-state index contributed by atoms with van der Waals surface area (Å²) in [5.74, 6) is 0. The van der Waals surface area contributed by atoms with Gasteiger partial charge in [0.25, 0.3) is 0 Å². The SMILES string of the molecule is CCC=S=O. The molecule has 0 spiro atoms. The Kier molecular flexibility index (Phi) is 3.80. The Bertz CT molecular complexity index is 53.9. The second-order valence-electron chi connectivity index (χ2n) is 0.671. The molecule has 0 bridgehead atoms. The zero-order chi connectivity index (χ0) is 4.12. The van der Waals surface area contributed by atoms with Crippen LogP contribution in [0.4, 0.5) is 0 Å². The normalized spacial score (nSPS) is 6.60. The molecule has 5 heavy (non-hydrogen) atoms. The van der Waals surface area contributed by atoms with Crippen molar-refractivity contribution in [3.8, 4) is 0 Å². The Morgan fingerprint density at radius 3 is 2.60 bits per heavy atom. The molecule has 0 aromatic heterocycles. The predicted octanol–water partition coefficient (Wildman–Crippen LogP) is 0.412. The number of rotatable bonds is 1. The molecule has 2 heteroatoms. The topological polar surface area (TPSA) is 17.1 Å². The van der Waals surface area contributed by atoms with Crippen LogP contribution in [0.2, 0.25) is 0 Å². The van der Waals surface area contributed by atoms with E-state index in [2.05, 4.69) is 0 Å². The molecule has 0 aromatic carbocycles. The predicted molar refractivity (Wildman–Crippen MR) is 24.5 cm³/mol. The lowest BCUT2D eigenvalue weighted by Gasteiger charge is -1.55. The maximum absolute atomic E-state index is 9.39. The van der Waals surface area contributed by atoms with E-state index in [0.29, 0.717) is 11.3 Å². The van der Waals surface area contributed by atoms with Gasteiger partial charge < -0.3 is 0 Å². The first-order valence-electron chi connectivity index (χ1n) is 1.52. The summed E-state index contributed by atoms with van der Waals surface area (Å²) in [7, 11) is 0. The highest BCUT2D eigenvalue weighted by Gasteiger charge is 1.53. The molecule has 0 saturated carbocycles. The quantitative estimate of drug-likeness (QED) is 0.426. The maximum Gasteiger partial charge on any atom is 0.0840 e. The Balaban J connectivity index is 2.93. The molecule has 0 heterocycles. The van der Waals surface area contributed by atoms with Crippen molar-refractivity contribution in [1.82, 2.24) is 0 Å². The zero-order valence-electron chi connectivity index (χ0n) is 3.10. The van der Waals surface area contributed by atoms with Crippen LogP contribution in [0.25, 0.3) is 0 Å². The van der Waals surface area contributed by atoms with E-state index in [1.165, 1.54) is 0 Å². The van der Waals surface area contributed by atoms with Crippen LogP contribution in [0.5, 0.6) is 0 Å². The van der Waals surface area contributed by atoms with Gasteiger partial charge in [0.15, 0.2) is 0 Å². The van der Waals surface area contributed by atoms with Gasteiger partial charge in [-0.05, 0) is 6.42 Å². The standard InChI is InChI=1S/C3H6OS/c1-2-3-5-4/h3H,2H2,1H3. The minimum Gasteiger partial charge on any atom is -0.213 e. The third-order valence-electron chi connectivity index (χ3n) is 0.235. The number of hydrogen-bond donors (Lipinski definition) is 0. The second kappa shape index (κ2) is 3.89. The highest BCUT2D eigenvalue weighted by molar-refractivity contribution is 7.64. The Morgan fingerprint density at radius 1 is 2.00 bits per heavy atom. The van der Waals surface area contributed by atoms with E-state index in [-0.39, 0.29) is 0 Å². The number of hydrogen-bond acceptors (Lipinski definition) is 1. The molecule has 0 aliphatic carbocycles. The molecular formula is C3H6OS. The van der Waals surface area contributed by atoms with Gasteiger partial charge in [-0.1, -0.05) is 6.92 Å². The molecule has 0 rings (SSSR count). The minimum absolute atomic E-state index is 0.527. The van der Waals surface area contributed by atoms with E-state index in [9.17, 15) is 4.21 Å². The van der Waals surface area contributed by atoms with Gasteiger partial charge in [0.2, 0.25) is 0 Å². The summed E-state index contributed by atoms with van der Waals surface area (Å²) in [4.78, 5) is 0. The summed E-state index contributed by atoms with van der Waals surface area (Å²) in [6.45, 7) is 1.94. The van der Waals surface area contributed by atoms with Gasteiger partial charge in [0.05, 0.1) is 11.3 Å². The average molecular weight is 90.1 g/mol. The fraction of sp³-hybridized carbons (Fsp3) is 0.667. The lowest BCUT2D eigenvalue weighted by Crippen LogP contribution is -1.58. The summed E-state index contributed by atoms with van der Waals surface area (Å²) in [5, 5.41) is 1.61. The van der Waals surface area contributed by atoms with E-state index in [0.717, 1.165) is 6.42 Å². The molecule has 0 aliphatic rings. The third kappa shape index (κ3) is 3.89. The molecule has 0 unspecified atom stereocenters. The van der Waals surface area contributed by atoms with Crippen molar-refractivity contribution in [2.75, 3.05) is 0 Å². The van der Waals surface area contributed by atoms with Crippen LogP contribution in [-0.4, -0.2) is 9.58 Å². The van der Waals surface area contributed by atoms with Gasteiger partial charge >= 0.3 is 0 Å². The van der Waals surface area contributed by atoms with Crippen molar-refractivity contribution in [3.05, 3.63) is 0 Å². The summed E-state index contributed by atoms with van der Waals surface area (Å²) in [5.41, 5.74) is 0. The Labute approximate surface area is 35.1 Å². The first-order valence-corrected chi connectivity index (χ1v) is 2.32. The van der Waals surface area contributed by atoms with E-state index in [1.807, 2.05) is 6.92 Å². The molecule has 0 fully saturated rings. The van der Waals surface area contributed by atoms with Crippen LogP contribution in [0.3, 0.4) is 0 Å². The molecule has 0 N–H and O–H groups in total. The van der Waals surface area contributed by atoms with E-state index in [4.69, 9.17) is 0 Å². The van der Waals surface area contributed by atoms with Gasteiger partial charge in [-0.15, -0.1) is 0 Å². The van der Waals surface area contributed by atoms with Crippen LogP contribution in [0.1, 0.15) is 13.3 Å². The Morgan fingerprint density at radius 2 is 2.60 bits per heavy atom. The maximum atomic E-state index is 9.39. The monoisotopic (exact) mass is 90.0 g/mol. The van der Waals surface area contributed by atoms with Crippen LogP contribution < -0.4 is 0 Å². The second-order valence-corrected chi connectivity index (χ2v) is 1.20. The molecule has 0 aliphatic heterocycles. The fourth-order valence-corrected chi connectivity index (χ4v) is 0.204. The minimum atomic E-state index is 0.527. The van der Waals surface area contributed by atoms with Gasteiger partial charge in [-0.2, -0.15) is 0 Å². The largest absolute Gasteiger partial charge is 0.213 e. The highest BCUT2D eigenvalue weighted by Crippen LogP contribution is 1.55. The van der Waals surface area contributed by atoms with Crippen molar-refractivity contribution in [3.63, 3.8) is 0 Å². The highest BCUT2D eigenvalue weighted by atomic mass is 32.1. The summed E-state index contributed by atoms with van der Waals surface area (Å²) < 4.78 is 9.39. The van der Waals surface area contributed by atoms with Crippen molar-refractivity contribution in [2.45, 2.75) is 13.3 Å². The van der Waals surface area contributed by atoms with E-state index in [1.54, 1.807) is 5.37 Å². The van der Waals surface area contributed by atoms with Crippen molar-refractivity contribution in [1.29, 1.82) is 0 Å². The molecular weight excluding hydrogens is 84.1 g/mol. The molecule has 0 saturated heterocycles. The lowest BCUT2D eigenvalue weighted by atomic mass is 10.6. The fourth-order valence-electron chi connectivity index (χ4n) is 0.0680. The molecule has 0 aromatic rings. The first kappa shape index (κ1) is 4.89. The Hall–Kier alpha value is -0.110. The van der Waals surface area contributed by atoms with Crippen molar-refractivity contribution >= 4 is 16.6 Å². The van der Waals surface area contributed by atoms with Gasteiger partial charge in [-0.25, -0.2) is 4.21 Å². The van der Waals surface area contributed by atoms with Crippen LogP contribution in [0.15, 0.2) is 0 Å². The summed E-state index contributed by atoms with van der Waals surface area (Å²) >= 11 is 0.527. The molecule has 0 amide bonds. The summed E-state index contributed by atoms with van der Waals surface area (Å²) in [6.07, 6.45) is 0.869. The van der Waals surface area contributed by atoms with Crippen molar-refractivity contribution in [2.24, 2.45) is 0 Å². The first-order chi connectivity index (χ1) is 2.41. The van der Waals surface area contributed by atoms with Gasteiger partial charge in [0.1, 0.15) is 0 Å². The van der Waals surface area contributed by atoms with E-state index >= 15 is 0 Å². The average Bonchev–Trinajstić information content (AvgIpc) is 1.41. The molecule has 1 nitrogen and oxygen atoms in total. The smallest absolute Gasteiger partial charge is 0.0840 e. The molecule has 30 valence electrons. The zero-order valence-corrected chi connectivity index (χ0v) is 3.92. The van der Waals surface area contributed by atoms with Gasteiger partial charge in [0, 0.05) is 5.37 Å². The third-order valence-corrected chi connectivity index (χ3v) is 0.704. The van der Waals surface area contributed by atoms with Crippen LogP contribution >= 0.6 is 0 Å². The molecule has 0 atom stereocenters.